The first-order valence-electron chi connectivity index (χ1n) is 10.8. The minimum absolute atomic E-state index is 0.394. The molecule has 0 amide bonds. The first kappa shape index (κ1) is 22.0. The molecule has 2 aliphatic heterocycles. The van der Waals surface area contributed by atoms with Gasteiger partial charge < -0.3 is 9.64 Å². The Morgan fingerprint density at radius 2 is 1.61 bits per heavy atom. The van der Waals surface area contributed by atoms with Gasteiger partial charge in [0.05, 0.1) is 25.3 Å². The van der Waals surface area contributed by atoms with Crippen LogP contribution in [-0.2, 0) is 10.0 Å². The second-order valence-electron chi connectivity index (χ2n) is 8.45. The molecule has 1 aromatic carbocycles. The first-order chi connectivity index (χ1) is 14.9. The minimum atomic E-state index is -3.09. The molecule has 4 rings (SSSR count). The molecule has 3 heterocycles. The second-order valence-corrected chi connectivity index (χ2v) is 10.4. The van der Waals surface area contributed by atoms with Crippen molar-refractivity contribution in [3.63, 3.8) is 0 Å². The molecule has 31 heavy (non-hydrogen) atoms. The number of hydrogen-bond donors (Lipinski definition) is 0. The number of hydrogen-bond acceptors (Lipinski definition) is 6. The molecule has 0 N–H and O–H groups in total. The zero-order valence-electron chi connectivity index (χ0n) is 17.8. The number of aromatic nitrogens is 2. The van der Waals surface area contributed by atoms with E-state index >= 15 is 0 Å². The molecule has 0 spiro atoms. The van der Waals surface area contributed by atoms with Gasteiger partial charge in [0.15, 0.2) is 5.82 Å². The maximum atomic E-state index is 13.0. The maximum absolute atomic E-state index is 13.0. The van der Waals surface area contributed by atoms with Crippen LogP contribution >= 0.6 is 0 Å². The van der Waals surface area contributed by atoms with Gasteiger partial charge in [0.25, 0.3) is 0 Å². The summed E-state index contributed by atoms with van der Waals surface area (Å²) in [7, 11) is -3.09. The largest absolute Gasteiger partial charge is 0.493 e. The molecule has 2 aliphatic rings. The second kappa shape index (κ2) is 9.48. The number of benzene rings is 1. The molecular formula is C22H29FN4O3S. The van der Waals surface area contributed by atoms with Crippen LogP contribution in [0.25, 0.3) is 0 Å². The van der Waals surface area contributed by atoms with E-state index in [4.69, 9.17) is 4.74 Å². The first-order valence-corrected chi connectivity index (χ1v) is 12.6. The van der Waals surface area contributed by atoms with Crippen molar-refractivity contribution < 1.29 is 17.5 Å². The average Bonchev–Trinajstić information content (AvgIpc) is 2.78. The van der Waals surface area contributed by atoms with Crippen molar-refractivity contribution >= 4 is 16.0 Å². The Kier molecular flexibility index (Phi) is 6.71. The molecular weight excluding hydrogens is 419 g/mol. The summed E-state index contributed by atoms with van der Waals surface area (Å²) in [5.74, 6) is 1.89. The third-order valence-corrected chi connectivity index (χ3v) is 7.57. The summed E-state index contributed by atoms with van der Waals surface area (Å²) in [5, 5.41) is 0. The van der Waals surface area contributed by atoms with Crippen LogP contribution in [0, 0.1) is 11.7 Å². The van der Waals surface area contributed by atoms with Gasteiger partial charge in [-0.3, -0.25) is 0 Å². The van der Waals surface area contributed by atoms with Crippen LogP contribution in [0.1, 0.15) is 37.2 Å². The van der Waals surface area contributed by atoms with E-state index in [0.29, 0.717) is 37.5 Å². The number of sulfonamides is 1. The number of halogens is 1. The summed E-state index contributed by atoms with van der Waals surface area (Å²) in [4.78, 5) is 10.2. The van der Waals surface area contributed by atoms with Crippen molar-refractivity contribution in [1.29, 1.82) is 0 Å². The van der Waals surface area contributed by atoms with Crippen molar-refractivity contribution in [1.82, 2.24) is 14.3 Å². The Labute approximate surface area is 183 Å². The van der Waals surface area contributed by atoms with E-state index in [0.717, 1.165) is 44.5 Å². The van der Waals surface area contributed by atoms with Crippen LogP contribution in [0.2, 0.25) is 0 Å². The van der Waals surface area contributed by atoms with Gasteiger partial charge in [-0.1, -0.05) is 12.1 Å². The van der Waals surface area contributed by atoms with Crippen LogP contribution in [0.15, 0.2) is 36.7 Å². The number of rotatable bonds is 6. The highest BCUT2D eigenvalue weighted by Gasteiger charge is 2.26. The topological polar surface area (TPSA) is 75.6 Å². The molecule has 0 atom stereocenters. The van der Waals surface area contributed by atoms with Crippen LogP contribution in [0.4, 0.5) is 10.3 Å². The molecule has 168 valence electrons. The van der Waals surface area contributed by atoms with Gasteiger partial charge in [0, 0.05) is 26.2 Å². The Balaban J connectivity index is 1.22. The number of ether oxygens (including phenoxy) is 1. The van der Waals surface area contributed by atoms with Crippen LogP contribution in [0.3, 0.4) is 0 Å². The predicted octanol–water partition coefficient (Wildman–Crippen LogP) is 3.05. The lowest BCUT2D eigenvalue weighted by atomic mass is 9.90. The third kappa shape index (κ3) is 5.71. The molecule has 0 radical (unpaired) electrons. The van der Waals surface area contributed by atoms with E-state index in [-0.39, 0.29) is 0 Å². The van der Waals surface area contributed by atoms with Gasteiger partial charge >= 0.3 is 0 Å². The van der Waals surface area contributed by atoms with E-state index in [1.54, 1.807) is 4.31 Å². The van der Waals surface area contributed by atoms with E-state index < -0.39 is 15.8 Å². The van der Waals surface area contributed by atoms with Crippen molar-refractivity contribution in [3.8, 4) is 5.75 Å². The summed E-state index contributed by atoms with van der Waals surface area (Å²) in [5.41, 5.74) is 1.24. The number of piperidine rings is 2. The molecule has 0 bridgehead atoms. The van der Waals surface area contributed by atoms with E-state index in [1.165, 1.54) is 24.2 Å². The fourth-order valence-corrected chi connectivity index (χ4v) is 5.21. The molecule has 0 aliphatic carbocycles. The SMILES string of the molecule is CS(=O)(=O)N1CCC(c2ccc(OCC3CCN(c4ncc(F)cn4)CC3)cc2)CC1. The number of nitrogens with zero attached hydrogens (tertiary/aromatic N) is 4. The van der Waals surface area contributed by atoms with Crippen molar-refractivity contribution in [3.05, 3.63) is 48.0 Å². The summed E-state index contributed by atoms with van der Waals surface area (Å²) in [6, 6.07) is 8.23. The molecule has 2 aromatic rings. The van der Waals surface area contributed by atoms with Gasteiger partial charge in [-0.25, -0.2) is 27.1 Å². The molecule has 2 fully saturated rings. The zero-order chi connectivity index (χ0) is 21.8. The fourth-order valence-electron chi connectivity index (χ4n) is 4.34. The lowest BCUT2D eigenvalue weighted by molar-refractivity contribution is 0.222. The molecule has 0 unspecified atom stereocenters. The standard InChI is InChI=1S/C22H29FN4O3S/c1-31(28,29)27-12-8-19(9-13-27)18-2-4-21(5-3-18)30-16-17-6-10-26(11-7-17)22-24-14-20(23)15-25-22/h2-5,14-15,17,19H,6-13,16H2,1H3. The molecule has 1 aromatic heterocycles. The Morgan fingerprint density at radius 3 is 2.19 bits per heavy atom. The maximum Gasteiger partial charge on any atom is 0.225 e. The summed E-state index contributed by atoms with van der Waals surface area (Å²) in [6.07, 6.45) is 7.36. The monoisotopic (exact) mass is 448 g/mol. The lowest BCUT2D eigenvalue weighted by Gasteiger charge is -2.32. The van der Waals surface area contributed by atoms with Crippen molar-refractivity contribution in [2.75, 3.05) is 43.9 Å². The molecule has 9 heteroatoms. The highest BCUT2D eigenvalue weighted by atomic mass is 32.2. The fraction of sp³-hybridized carbons (Fsp3) is 0.545. The Bertz CT molecular complexity index is 953. The minimum Gasteiger partial charge on any atom is -0.493 e. The quantitative estimate of drug-likeness (QED) is 0.676. The molecule has 0 saturated carbocycles. The van der Waals surface area contributed by atoms with Crippen molar-refractivity contribution in [2.24, 2.45) is 5.92 Å². The highest BCUT2D eigenvalue weighted by Crippen LogP contribution is 2.30. The van der Waals surface area contributed by atoms with Gasteiger partial charge in [-0.2, -0.15) is 0 Å². The van der Waals surface area contributed by atoms with E-state index in [2.05, 4.69) is 27.0 Å². The van der Waals surface area contributed by atoms with Crippen molar-refractivity contribution in [2.45, 2.75) is 31.6 Å². The zero-order valence-corrected chi connectivity index (χ0v) is 18.6. The van der Waals surface area contributed by atoms with Gasteiger partial charge in [-0.05, 0) is 55.2 Å². The lowest BCUT2D eigenvalue weighted by Crippen LogP contribution is -2.37. The van der Waals surface area contributed by atoms with E-state index in [9.17, 15) is 12.8 Å². The third-order valence-electron chi connectivity index (χ3n) is 6.26. The van der Waals surface area contributed by atoms with Crippen LogP contribution < -0.4 is 9.64 Å². The van der Waals surface area contributed by atoms with E-state index in [1.807, 2.05) is 12.1 Å². The highest BCUT2D eigenvalue weighted by molar-refractivity contribution is 7.88. The average molecular weight is 449 g/mol. The molecule has 7 nitrogen and oxygen atoms in total. The smallest absolute Gasteiger partial charge is 0.225 e. The normalized spacial score (nSPS) is 19.5. The molecule has 2 saturated heterocycles. The summed E-state index contributed by atoms with van der Waals surface area (Å²) in [6.45, 7) is 3.52. The predicted molar refractivity (Wildman–Crippen MR) is 117 cm³/mol. The van der Waals surface area contributed by atoms with Crippen LogP contribution in [-0.4, -0.2) is 61.7 Å². The summed E-state index contributed by atoms with van der Waals surface area (Å²) < 4.78 is 43.9. The van der Waals surface area contributed by atoms with Crippen LogP contribution in [0.5, 0.6) is 5.75 Å². The van der Waals surface area contributed by atoms with Gasteiger partial charge in [0.1, 0.15) is 5.75 Å². The number of anilines is 1. The van der Waals surface area contributed by atoms with Gasteiger partial charge in [-0.15, -0.1) is 0 Å². The summed E-state index contributed by atoms with van der Waals surface area (Å²) >= 11 is 0. The Hall–Kier alpha value is -2.26. The van der Waals surface area contributed by atoms with Gasteiger partial charge in [0.2, 0.25) is 16.0 Å². The Morgan fingerprint density at radius 1 is 1.00 bits per heavy atom.